The van der Waals surface area contributed by atoms with Crippen LogP contribution in [0.2, 0.25) is 0 Å². The Hall–Kier alpha value is -1.03. The van der Waals surface area contributed by atoms with Crippen LogP contribution >= 0.6 is 0 Å². The highest BCUT2D eigenvalue weighted by Gasteiger charge is 2.37. The topological polar surface area (TPSA) is 19.9 Å². The first-order valence-corrected chi connectivity index (χ1v) is 4.10. The van der Waals surface area contributed by atoms with E-state index in [4.69, 9.17) is 0 Å². The Kier molecular flexibility index (Phi) is 2.58. The molecule has 0 N–H and O–H groups in total. The molecule has 0 atom stereocenters. The molecule has 0 saturated carbocycles. The van der Waals surface area contributed by atoms with E-state index in [0.717, 1.165) is 6.07 Å². The van der Waals surface area contributed by atoms with Crippen LogP contribution in [-0.2, 0) is 16.9 Å². The van der Waals surface area contributed by atoms with E-state index in [0.29, 0.717) is 0 Å². The van der Waals surface area contributed by atoms with E-state index in [2.05, 4.69) is 0 Å². The van der Waals surface area contributed by atoms with Crippen molar-refractivity contribution in [3.05, 3.63) is 35.4 Å². The lowest BCUT2D eigenvalue weighted by Crippen LogP contribution is -2.20. The number of halogens is 3. The second-order valence-corrected chi connectivity index (χ2v) is 3.55. The molecule has 1 radical (unpaired) electrons. The van der Waals surface area contributed by atoms with Crippen molar-refractivity contribution in [2.24, 2.45) is 0 Å². The number of rotatable bonds is 1. The van der Waals surface area contributed by atoms with Crippen LogP contribution in [-0.4, -0.2) is 0 Å². The van der Waals surface area contributed by atoms with Gasteiger partial charge in [-0.2, -0.15) is 13.2 Å². The Morgan fingerprint density at radius 3 is 1.71 bits per heavy atom. The van der Waals surface area contributed by atoms with Crippen molar-refractivity contribution in [2.75, 3.05) is 0 Å². The molecule has 14 heavy (non-hydrogen) atoms. The van der Waals surface area contributed by atoms with Gasteiger partial charge in [0.1, 0.15) is 5.60 Å². The molecule has 1 aromatic rings. The van der Waals surface area contributed by atoms with Crippen molar-refractivity contribution in [1.82, 2.24) is 0 Å². The van der Waals surface area contributed by atoms with Crippen LogP contribution < -0.4 is 0 Å². The summed E-state index contributed by atoms with van der Waals surface area (Å²) in [5.41, 5.74) is -2.79. The van der Waals surface area contributed by atoms with Crippen molar-refractivity contribution in [1.29, 1.82) is 0 Å². The van der Waals surface area contributed by atoms with Gasteiger partial charge in [0.2, 0.25) is 0 Å². The molecule has 0 unspecified atom stereocenters. The lowest BCUT2D eigenvalue weighted by atomic mass is 9.93. The number of benzene rings is 1. The summed E-state index contributed by atoms with van der Waals surface area (Å²) in [7, 11) is 0. The van der Waals surface area contributed by atoms with Gasteiger partial charge in [0.15, 0.2) is 0 Å². The highest BCUT2D eigenvalue weighted by atomic mass is 19.4. The van der Waals surface area contributed by atoms with Crippen LogP contribution in [0.1, 0.15) is 25.0 Å². The molecule has 0 amide bonds. The van der Waals surface area contributed by atoms with Crippen molar-refractivity contribution in [3.8, 4) is 0 Å². The Bertz CT molecular complexity index is 290. The number of hydrogen-bond acceptors (Lipinski definition) is 0. The molecule has 0 bridgehead atoms. The minimum absolute atomic E-state index is 0.215. The Morgan fingerprint density at radius 2 is 1.43 bits per heavy atom. The molecule has 77 valence electrons. The van der Waals surface area contributed by atoms with Crippen molar-refractivity contribution >= 4 is 0 Å². The van der Waals surface area contributed by atoms with Crippen LogP contribution in [0.25, 0.3) is 0 Å². The average molecular weight is 203 g/mol. The van der Waals surface area contributed by atoms with E-state index in [1.165, 1.54) is 32.0 Å². The molecule has 0 fully saturated rings. The second-order valence-electron chi connectivity index (χ2n) is 3.55. The fraction of sp³-hybridized carbons (Fsp3) is 0.400. The van der Waals surface area contributed by atoms with Gasteiger partial charge < -0.3 is 0 Å². The quantitative estimate of drug-likeness (QED) is 0.666. The minimum atomic E-state index is -4.46. The van der Waals surface area contributed by atoms with Crippen LogP contribution in [0, 0.1) is 0 Å². The van der Waals surface area contributed by atoms with Gasteiger partial charge in [0.25, 0.3) is 0 Å². The average Bonchev–Trinajstić information content (AvgIpc) is 2.01. The molecular weight excluding hydrogens is 193 g/mol. The fourth-order valence-electron chi connectivity index (χ4n) is 1.26. The summed E-state index contributed by atoms with van der Waals surface area (Å²) in [5, 5.41) is 11.5. The molecule has 1 rings (SSSR count). The number of alkyl halides is 3. The third-order valence-electron chi connectivity index (χ3n) is 1.88. The maximum atomic E-state index is 12.4. The first-order chi connectivity index (χ1) is 6.23. The van der Waals surface area contributed by atoms with Crippen molar-refractivity contribution in [2.45, 2.75) is 25.6 Å². The maximum Gasteiger partial charge on any atom is 0.416 e. The monoisotopic (exact) mass is 203 g/mol. The summed E-state index contributed by atoms with van der Waals surface area (Å²) in [6.07, 6.45) is -4.46. The molecule has 4 heteroatoms. The summed E-state index contributed by atoms with van der Waals surface area (Å²) in [6, 6.07) is 4.85. The van der Waals surface area contributed by atoms with E-state index in [1.807, 2.05) is 0 Å². The van der Waals surface area contributed by atoms with Crippen molar-refractivity contribution < 1.29 is 18.3 Å². The summed E-state index contributed by atoms with van der Waals surface area (Å²) in [6.45, 7) is 2.44. The molecular formula is C10H10F3O. The molecule has 0 aliphatic carbocycles. The van der Waals surface area contributed by atoms with Gasteiger partial charge in [0.05, 0.1) is 5.56 Å². The zero-order chi connectivity index (χ0) is 11.0. The van der Waals surface area contributed by atoms with Crippen LogP contribution in [0.15, 0.2) is 24.3 Å². The van der Waals surface area contributed by atoms with Gasteiger partial charge in [-0.05, 0) is 25.5 Å². The molecule has 0 saturated heterocycles. The minimum Gasteiger partial charge on any atom is -0.225 e. The van der Waals surface area contributed by atoms with Gasteiger partial charge >= 0.3 is 6.18 Å². The highest BCUT2D eigenvalue weighted by Crippen LogP contribution is 2.36. The van der Waals surface area contributed by atoms with Gasteiger partial charge in [-0.1, -0.05) is 18.2 Å². The lowest BCUT2D eigenvalue weighted by molar-refractivity contribution is -0.141. The van der Waals surface area contributed by atoms with E-state index in [1.54, 1.807) is 0 Å². The third kappa shape index (κ3) is 2.26. The Labute approximate surface area is 80.2 Å². The molecule has 1 aromatic carbocycles. The normalized spacial score (nSPS) is 13.0. The van der Waals surface area contributed by atoms with Gasteiger partial charge in [-0.25, -0.2) is 5.11 Å². The van der Waals surface area contributed by atoms with Crippen LogP contribution in [0.3, 0.4) is 0 Å². The van der Waals surface area contributed by atoms with Gasteiger partial charge in [0, 0.05) is 0 Å². The Morgan fingerprint density at radius 1 is 1.00 bits per heavy atom. The molecule has 0 aliphatic rings. The van der Waals surface area contributed by atoms with E-state index >= 15 is 0 Å². The molecule has 0 aromatic heterocycles. The van der Waals surface area contributed by atoms with Gasteiger partial charge in [-0.3, -0.25) is 0 Å². The summed E-state index contributed by atoms with van der Waals surface area (Å²) < 4.78 is 37.3. The predicted octanol–water partition coefficient (Wildman–Crippen LogP) is 3.37. The first-order valence-electron chi connectivity index (χ1n) is 4.10. The lowest BCUT2D eigenvalue weighted by Gasteiger charge is -2.20. The fourth-order valence-corrected chi connectivity index (χ4v) is 1.26. The second kappa shape index (κ2) is 3.28. The first kappa shape index (κ1) is 11.0. The maximum absolute atomic E-state index is 12.4. The summed E-state index contributed by atoms with van der Waals surface area (Å²) in [4.78, 5) is 0. The summed E-state index contributed by atoms with van der Waals surface area (Å²) >= 11 is 0. The van der Waals surface area contributed by atoms with Crippen molar-refractivity contribution in [3.63, 3.8) is 0 Å². The molecule has 0 spiro atoms. The SMILES string of the molecule is CC(C)([O])c1ccccc1C(F)(F)F. The standard InChI is InChI=1S/C10H10F3O/c1-9(2,14)7-5-3-4-6-8(7)10(11,12)13/h3-6H,1-2H3. The summed E-state index contributed by atoms with van der Waals surface area (Å²) in [5.74, 6) is 0. The smallest absolute Gasteiger partial charge is 0.225 e. The van der Waals surface area contributed by atoms with Gasteiger partial charge in [-0.15, -0.1) is 0 Å². The molecule has 1 nitrogen and oxygen atoms in total. The largest absolute Gasteiger partial charge is 0.416 e. The number of hydrogen-bond donors (Lipinski definition) is 0. The zero-order valence-corrected chi connectivity index (χ0v) is 7.85. The van der Waals surface area contributed by atoms with Crippen LogP contribution in [0.5, 0.6) is 0 Å². The molecule has 0 aliphatic heterocycles. The highest BCUT2D eigenvalue weighted by molar-refractivity contribution is 5.33. The third-order valence-corrected chi connectivity index (χ3v) is 1.88. The molecule has 0 heterocycles. The zero-order valence-electron chi connectivity index (χ0n) is 7.85. The predicted molar refractivity (Wildman–Crippen MR) is 45.2 cm³/mol. The van der Waals surface area contributed by atoms with Crippen LogP contribution in [0.4, 0.5) is 13.2 Å². The van der Waals surface area contributed by atoms with E-state index in [-0.39, 0.29) is 5.56 Å². The van der Waals surface area contributed by atoms with E-state index < -0.39 is 17.3 Å². The van der Waals surface area contributed by atoms with E-state index in [9.17, 15) is 18.3 Å². The Balaban J connectivity index is 3.31.